The summed E-state index contributed by atoms with van der Waals surface area (Å²) in [7, 11) is -3.60. The molecule has 0 bridgehead atoms. The molecule has 1 atom stereocenters. The first-order chi connectivity index (χ1) is 7.23. The van der Waals surface area contributed by atoms with Gasteiger partial charge in [0, 0.05) is 6.54 Å². The van der Waals surface area contributed by atoms with Crippen LogP contribution in [0.3, 0.4) is 0 Å². The van der Waals surface area contributed by atoms with Crippen molar-refractivity contribution in [2.45, 2.75) is 32.8 Å². The first-order valence-electron chi connectivity index (χ1n) is 5.10. The molecule has 0 spiro atoms. The maximum Gasteiger partial charge on any atom is 0.304 e. The summed E-state index contributed by atoms with van der Waals surface area (Å²) in [5.74, 6) is -1.34. The summed E-state index contributed by atoms with van der Waals surface area (Å²) in [6.45, 7) is 3.77. The van der Waals surface area contributed by atoms with Crippen LogP contribution in [0.2, 0.25) is 0 Å². The molecular weight excluding hydrogens is 234 g/mol. The zero-order chi connectivity index (χ0) is 12.8. The van der Waals surface area contributed by atoms with Gasteiger partial charge >= 0.3 is 5.97 Å². The first kappa shape index (κ1) is 15.3. The third kappa shape index (κ3) is 8.63. The Labute approximate surface area is 95.7 Å². The molecule has 0 aromatic heterocycles. The summed E-state index contributed by atoms with van der Waals surface area (Å²) in [4.78, 5) is 10.2. The monoisotopic (exact) mass is 253 g/mol. The van der Waals surface area contributed by atoms with Crippen LogP contribution in [0.15, 0.2) is 0 Å². The van der Waals surface area contributed by atoms with Crippen LogP contribution >= 0.6 is 0 Å². The van der Waals surface area contributed by atoms with E-state index < -0.39 is 34.3 Å². The fourth-order valence-electron chi connectivity index (χ4n) is 1.14. The van der Waals surface area contributed by atoms with Crippen molar-refractivity contribution in [2.75, 3.05) is 12.3 Å². The number of aliphatic hydroxyl groups is 1. The fourth-order valence-corrected chi connectivity index (χ4v) is 2.18. The van der Waals surface area contributed by atoms with Gasteiger partial charge in [0.15, 0.2) is 0 Å². The number of nitrogens with one attached hydrogen (secondary N) is 1. The van der Waals surface area contributed by atoms with Gasteiger partial charge in [-0.25, -0.2) is 13.1 Å². The molecule has 0 fully saturated rings. The highest BCUT2D eigenvalue weighted by Crippen LogP contribution is 2.03. The lowest BCUT2D eigenvalue weighted by molar-refractivity contribution is -0.136. The van der Waals surface area contributed by atoms with Crippen molar-refractivity contribution in [2.24, 2.45) is 5.92 Å². The molecule has 0 saturated carbocycles. The Balaban J connectivity index is 3.94. The second kappa shape index (κ2) is 6.82. The zero-order valence-corrected chi connectivity index (χ0v) is 10.3. The predicted molar refractivity (Wildman–Crippen MR) is 59.5 cm³/mol. The minimum Gasteiger partial charge on any atom is -0.481 e. The molecule has 16 heavy (non-hydrogen) atoms. The lowest BCUT2D eigenvalue weighted by atomic mass is 10.1. The summed E-state index contributed by atoms with van der Waals surface area (Å²) >= 11 is 0. The molecule has 0 aromatic carbocycles. The van der Waals surface area contributed by atoms with E-state index in [0.29, 0.717) is 6.42 Å². The van der Waals surface area contributed by atoms with Crippen molar-refractivity contribution in [3.05, 3.63) is 0 Å². The van der Waals surface area contributed by atoms with Crippen LogP contribution in [0.25, 0.3) is 0 Å². The molecule has 0 aromatic rings. The third-order valence-electron chi connectivity index (χ3n) is 1.87. The molecule has 0 radical (unpaired) electrons. The van der Waals surface area contributed by atoms with E-state index in [-0.39, 0.29) is 12.5 Å². The average molecular weight is 253 g/mol. The van der Waals surface area contributed by atoms with Crippen LogP contribution in [0.1, 0.15) is 26.7 Å². The molecule has 0 aliphatic carbocycles. The van der Waals surface area contributed by atoms with Gasteiger partial charge in [-0.2, -0.15) is 0 Å². The van der Waals surface area contributed by atoms with Crippen molar-refractivity contribution in [3.8, 4) is 0 Å². The van der Waals surface area contributed by atoms with Gasteiger partial charge in [0.05, 0.1) is 18.3 Å². The Morgan fingerprint density at radius 2 is 1.94 bits per heavy atom. The lowest BCUT2D eigenvalue weighted by Gasteiger charge is -2.13. The normalized spacial score (nSPS) is 14.0. The molecule has 0 saturated heterocycles. The van der Waals surface area contributed by atoms with E-state index in [2.05, 4.69) is 4.72 Å². The van der Waals surface area contributed by atoms with Crippen LogP contribution < -0.4 is 4.72 Å². The van der Waals surface area contributed by atoms with Crippen LogP contribution in [0.4, 0.5) is 0 Å². The number of aliphatic hydroxyl groups excluding tert-OH is 1. The van der Waals surface area contributed by atoms with Gasteiger partial charge < -0.3 is 10.2 Å². The zero-order valence-electron chi connectivity index (χ0n) is 9.51. The second-order valence-corrected chi connectivity index (χ2v) is 6.02. The molecule has 3 N–H and O–H groups in total. The van der Waals surface area contributed by atoms with Crippen LogP contribution in [0, 0.1) is 5.92 Å². The van der Waals surface area contributed by atoms with Crippen molar-refractivity contribution < 1.29 is 23.4 Å². The number of aliphatic carboxylic acids is 1. The number of carboxylic acid groups (broad SMARTS) is 1. The number of sulfonamides is 1. The van der Waals surface area contributed by atoms with E-state index in [9.17, 15) is 18.3 Å². The fraction of sp³-hybridized carbons (Fsp3) is 0.889. The number of rotatable bonds is 8. The summed E-state index contributed by atoms with van der Waals surface area (Å²) in [6, 6.07) is 0. The Morgan fingerprint density at radius 3 is 2.38 bits per heavy atom. The smallest absolute Gasteiger partial charge is 0.304 e. The predicted octanol–water partition coefficient (Wildman–Crippen LogP) is -0.212. The molecule has 0 heterocycles. The second-order valence-electron chi connectivity index (χ2n) is 4.09. The molecule has 96 valence electrons. The minimum absolute atomic E-state index is 0.0693. The molecular formula is C9H19NO5S. The van der Waals surface area contributed by atoms with Crippen molar-refractivity contribution in [3.63, 3.8) is 0 Å². The summed E-state index contributed by atoms with van der Waals surface area (Å²) in [6.07, 6.45) is -0.670. The first-order valence-corrected chi connectivity index (χ1v) is 6.75. The van der Waals surface area contributed by atoms with E-state index in [4.69, 9.17) is 5.11 Å². The van der Waals surface area contributed by atoms with Gasteiger partial charge in [0.1, 0.15) is 0 Å². The average Bonchev–Trinajstić information content (AvgIpc) is 2.11. The van der Waals surface area contributed by atoms with Gasteiger partial charge in [-0.05, 0) is 12.3 Å². The minimum atomic E-state index is -3.60. The Kier molecular flexibility index (Phi) is 6.54. The van der Waals surface area contributed by atoms with Gasteiger partial charge in [-0.1, -0.05) is 13.8 Å². The quantitative estimate of drug-likeness (QED) is 0.555. The third-order valence-corrected chi connectivity index (χ3v) is 3.22. The molecule has 7 heteroatoms. The number of carboxylic acids is 1. The lowest BCUT2D eigenvalue weighted by Crippen LogP contribution is -2.34. The molecule has 6 nitrogen and oxygen atoms in total. The Hall–Kier alpha value is -0.660. The van der Waals surface area contributed by atoms with Gasteiger partial charge in [0.25, 0.3) is 0 Å². The summed E-state index contributed by atoms with van der Waals surface area (Å²) in [5.41, 5.74) is 0. The van der Waals surface area contributed by atoms with Crippen molar-refractivity contribution >= 4 is 16.0 Å². The summed E-state index contributed by atoms with van der Waals surface area (Å²) < 4.78 is 24.7. The van der Waals surface area contributed by atoms with E-state index >= 15 is 0 Å². The maximum atomic E-state index is 11.2. The van der Waals surface area contributed by atoms with Gasteiger partial charge in [-0.15, -0.1) is 0 Å². The topological polar surface area (TPSA) is 104 Å². The van der Waals surface area contributed by atoms with Crippen molar-refractivity contribution in [1.29, 1.82) is 0 Å². The Bertz CT molecular complexity index is 312. The number of carbonyl (C=O) groups is 1. The standard InChI is InChI=1S/C9H19NO5S/c1-7(2)5-8(11)6-10-16(14,15)4-3-9(12)13/h7-8,10-11H,3-6H2,1-2H3,(H,12,13). The molecule has 0 aliphatic heterocycles. The summed E-state index contributed by atoms with van der Waals surface area (Å²) in [5, 5.41) is 17.7. The highest BCUT2D eigenvalue weighted by Gasteiger charge is 2.15. The number of hydrogen-bond acceptors (Lipinski definition) is 4. The van der Waals surface area contributed by atoms with Crippen molar-refractivity contribution in [1.82, 2.24) is 4.72 Å². The molecule has 0 aliphatic rings. The highest BCUT2D eigenvalue weighted by atomic mass is 32.2. The van der Waals surface area contributed by atoms with E-state index in [1.807, 2.05) is 13.8 Å². The molecule has 1 unspecified atom stereocenters. The van der Waals surface area contributed by atoms with Gasteiger partial charge in [-0.3, -0.25) is 4.79 Å². The maximum absolute atomic E-state index is 11.2. The van der Waals surface area contributed by atoms with E-state index in [1.165, 1.54) is 0 Å². The Morgan fingerprint density at radius 1 is 1.38 bits per heavy atom. The largest absolute Gasteiger partial charge is 0.481 e. The molecule has 0 rings (SSSR count). The van der Waals surface area contributed by atoms with Crippen LogP contribution in [0.5, 0.6) is 0 Å². The van der Waals surface area contributed by atoms with Crippen LogP contribution in [-0.2, 0) is 14.8 Å². The van der Waals surface area contributed by atoms with Crippen LogP contribution in [-0.4, -0.2) is 43.0 Å². The number of hydrogen-bond donors (Lipinski definition) is 3. The van der Waals surface area contributed by atoms with E-state index in [0.717, 1.165) is 0 Å². The SMILES string of the molecule is CC(C)CC(O)CNS(=O)(=O)CCC(=O)O. The highest BCUT2D eigenvalue weighted by molar-refractivity contribution is 7.89. The van der Waals surface area contributed by atoms with Gasteiger partial charge in [0.2, 0.25) is 10.0 Å². The molecule has 0 amide bonds. The van der Waals surface area contributed by atoms with E-state index in [1.54, 1.807) is 0 Å².